The summed E-state index contributed by atoms with van der Waals surface area (Å²) in [4.78, 5) is 2.41. The molecule has 1 atom stereocenters. The first-order chi connectivity index (χ1) is 5.49. The molecule has 0 radical (unpaired) electrons. The van der Waals surface area contributed by atoms with Gasteiger partial charge in [0.1, 0.15) is 0 Å². The summed E-state index contributed by atoms with van der Waals surface area (Å²) in [6.45, 7) is 5.01. The van der Waals surface area contributed by atoms with Gasteiger partial charge in [-0.3, -0.25) is 0 Å². The summed E-state index contributed by atoms with van der Waals surface area (Å²) in [7, 11) is 2.18. The zero-order valence-corrected chi connectivity index (χ0v) is 8.51. The molecule has 12 heavy (non-hydrogen) atoms. The lowest BCUT2D eigenvalue weighted by Crippen LogP contribution is -2.28. The van der Waals surface area contributed by atoms with Crippen LogP contribution in [0.4, 0.5) is 0 Å². The van der Waals surface area contributed by atoms with E-state index in [1.54, 1.807) is 0 Å². The number of hydrogen-bond donors (Lipinski definition) is 1. The van der Waals surface area contributed by atoms with E-state index in [1.807, 2.05) is 13.8 Å². The molecule has 1 heterocycles. The summed E-state index contributed by atoms with van der Waals surface area (Å²) >= 11 is 0. The Hall–Kier alpha value is -0.0800. The Balaban J connectivity index is 2.23. The molecule has 2 heteroatoms. The second kappa shape index (κ2) is 3.75. The van der Waals surface area contributed by atoms with Gasteiger partial charge < -0.3 is 10.0 Å². The lowest BCUT2D eigenvalue weighted by Gasteiger charge is -2.23. The number of likely N-dealkylation sites (tertiary alicyclic amines) is 1. The van der Waals surface area contributed by atoms with Crippen LogP contribution in [-0.4, -0.2) is 35.2 Å². The van der Waals surface area contributed by atoms with Crippen molar-refractivity contribution < 1.29 is 5.11 Å². The normalized spacial score (nSPS) is 26.5. The Kier molecular flexibility index (Phi) is 3.13. The fourth-order valence-electron chi connectivity index (χ4n) is 1.86. The van der Waals surface area contributed by atoms with E-state index in [-0.39, 0.29) is 0 Å². The lowest BCUT2D eigenvalue weighted by atomic mass is 9.98. The minimum absolute atomic E-state index is 0.483. The summed E-state index contributed by atoms with van der Waals surface area (Å²) in [6, 6.07) is 0.719. The van der Waals surface area contributed by atoms with Crippen molar-refractivity contribution in [2.45, 2.75) is 51.2 Å². The molecule has 0 aromatic carbocycles. The van der Waals surface area contributed by atoms with Gasteiger partial charge in [-0.1, -0.05) is 0 Å². The standard InChI is InChI=1S/C10H21NO/c1-10(2,12)7-6-9-5-4-8-11(9)3/h9,12H,4-8H2,1-3H3. The summed E-state index contributed by atoms with van der Waals surface area (Å²) in [5.41, 5.74) is -0.483. The molecule has 1 rings (SSSR count). The summed E-state index contributed by atoms with van der Waals surface area (Å²) in [5, 5.41) is 9.55. The van der Waals surface area contributed by atoms with Crippen LogP contribution in [0.5, 0.6) is 0 Å². The number of hydrogen-bond acceptors (Lipinski definition) is 2. The molecule has 1 N–H and O–H groups in total. The molecule has 72 valence electrons. The van der Waals surface area contributed by atoms with Crippen LogP contribution in [0.1, 0.15) is 39.5 Å². The third-order valence-corrected chi connectivity index (χ3v) is 2.76. The molecule has 1 saturated heterocycles. The van der Waals surface area contributed by atoms with Gasteiger partial charge in [-0.25, -0.2) is 0 Å². The van der Waals surface area contributed by atoms with Crippen LogP contribution < -0.4 is 0 Å². The van der Waals surface area contributed by atoms with Gasteiger partial charge in [0, 0.05) is 6.04 Å². The molecular formula is C10H21NO. The fraction of sp³-hybridized carbons (Fsp3) is 1.00. The highest BCUT2D eigenvalue weighted by Gasteiger charge is 2.23. The van der Waals surface area contributed by atoms with Crippen LogP contribution >= 0.6 is 0 Å². The van der Waals surface area contributed by atoms with Crippen molar-refractivity contribution in [1.82, 2.24) is 4.90 Å². The average molecular weight is 171 g/mol. The average Bonchev–Trinajstić information content (AvgIpc) is 2.29. The van der Waals surface area contributed by atoms with Gasteiger partial charge in [-0.15, -0.1) is 0 Å². The first-order valence-electron chi connectivity index (χ1n) is 4.92. The maximum Gasteiger partial charge on any atom is 0.0592 e. The third kappa shape index (κ3) is 3.11. The molecule has 1 unspecified atom stereocenters. The fourth-order valence-corrected chi connectivity index (χ4v) is 1.86. The van der Waals surface area contributed by atoms with Gasteiger partial charge in [0.15, 0.2) is 0 Å². The predicted molar refractivity (Wildman–Crippen MR) is 51.2 cm³/mol. The van der Waals surface area contributed by atoms with Crippen LogP contribution in [0.25, 0.3) is 0 Å². The molecule has 0 spiro atoms. The van der Waals surface area contributed by atoms with Crippen LogP contribution in [0.15, 0.2) is 0 Å². The quantitative estimate of drug-likeness (QED) is 0.697. The van der Waals surface area contributed by atoms with E-state index >= 15 is 0 Å². The van der Waals surface area contributed by atoms with Crippen molar-refractivity contribution >= 4 is 0 Å². The van der Waals surface area contributed by atoms with Crippen molar-refractivity contribution in [3.63, 3.8) is 0 Å². The van der Waals surface area contributed by atoms with Crippen molar-refractivity contribution in [2.24, 2.45) is 0 Å². The topological polar surface area (TPSA) is 23.5 Å². The minimum Gasteiger partial charge on any atom is -0.390 e. The SMILES string of the molecule is CN1CCCC1CCC(C)(C)O. The molecule has 0 amide bonds. The molecule has 0 aromatic rings. The molecule has 1 aliphatic heterocycles. The van der Waals surface area contributed by atoms with E-state index in [9.17, 15) is 5.11 Å². The highest BCUT2D eigenvalue weighted by molar-refractivity contribution is 4.78. The molecule has 1 aliphatic rings. The molecular weight excluding hydrogens is 150 g/mol. The van der Waals surface area contributed by atoms with E-state index < -0.39 is 5.60 Å². The highest BCUT2D eigenvalue weighted by atomic mass is 16.3. The Bertz CT molecular complexity index is 139. The lowest BCUT2D eigenvalue weighted by molar-refractivity contribution is 0.0615. The van der Waals surface area contributed by atoms with E-state index in [0.717, 1.165) is 18.9 Å². The molecule has 0 aliphatic carbocycles. The Morgan fingerprint density at radius 3 is 2.58 bits per heavy atom. The van der Waals surface area contributed by atoms with E-state index in [1.165, 1.54) is 19.4 Å². The van der Waals surface area contributed by atoms with Crippen molar-refractivity contribution in [2.75, 3.05) is 13.6 Å². The molecule has 0 aromatic heterocycles. The van der Waals surface area contributed by atoms with Crippen LogP contribution in [0, 0.1) is 0 Å². The molecule has 0 bridgehead atoms. The van der Waals surface area contributed by atoms with Crippen LogP contribution in [0.2, 0.25) is 0 Å². The van der Waals surface area contributed by atoms with Crippen molar-refractivity contribution in [3.8, 4) is 0 Å². The Morgan fingerprint density at radius 1 is 1.50 bits per heavy atom. The molecule has 1 fully saturated rings. The zero-order valence-electron chi connectivity index (χ0n) is 8.51. The van der Waals surface area contributed by atoms with E-state index in [2.05, 4.69) is 11.9 Å². The summed E-state index contributed by atoms with van der Waals surface area (Å²) in [6.07, 6.45) is 4.70. The summed E-state index contributed by atoms with van der Waals surface area (Å²) < 4.78 is 0. The second-order valence-corrected chi connectivity index (χ2v) is 4.63. The summed E-state index contributed by atoms with van der Waals surface area (Å²) in [5.74, 6) is 0. The maximum absolute atomic E-state index is 9.55. The van der Waals surface area contributed by atoms with E-state index in [0.29, 0.717) is 0 Å². The molecule has 2 nitrogen and oxygen atoms in total. The van der Waals surface area contributed by atoms with E-state index in [4.69, 9.17) is 0 Å². The zero-order chi connectivity index (χ0) is 9.19. The smallest absolute Gasteiger partial charge is 0.0592 e. The monoisotopic (exact) mass is 171 g/mol. The van der Waals surface area contributed by atoms with Crippen LogP contribution in [-0.2, 0) is 0 Å². The highest BCUT2D eigenvalue weighted by Crippen LogP contribution is 2.22. The Morgan fingerprint density at radius 2 is 2.17 bits per heavy atom. The number of aliphatic hydroxyl groups is 1. The van der Waals surface area contributed by atoms with Crippen molar-refractivity contribution in [3.05, 3.63) is 0 Å². The van der Waals surface area contributed by atoms with Crippen molar-refractivity contribution in [1.29, 1.82) is 0 Å². The third-order valence-electron chi connectivity index (χ3n) is 2.76. The largest absolute Gasteiger partial charge is 0.390 e. The number of rotatable bonds is 3. The first kappa shape index (κ1) is 10.0. The van der Waals surface area contributed by atoms with Gasteiger partial charge in [0.2, 0.25) is 0 Å². The van der Waals surface area contributed by atoms with Gasteiger partial charge in [-0.2, -0.15) is 0 Å². The number of nitrogens with zero attached hydrogens (tertiary/aromatic N) is 1. The van der Waals surface area contributed by atoms with Gasteiger partial charge in [-0.05, 0) is 53.1 Å². The maximum atomic E-state index is 9.55. The first-order valence-corrected chi connectivity index (χ1v) is 4.92. The van der Waals surface area contributed by atoms with Crippen LogP contribution in [0.3, 0.4) is 0 Å². The second-order valence-electron chi connectivity index (χ2n) is 4.63. The predicted octanol–water partition coefficient (Wildman–Crippen LogP) is 1.63. The van der Waals surface area contributed by atoms with Gasteiger partial charge >= 0.3 is 0 Å². The Labute approximate surface area is 75.6 Å². The minimum atomic E-state index is -0.483. The van der Waals surface area contributed by atoms with Gasteiger partial charge in [0.05, 0.1) is 5.60 Å². The molecule has 0 saturated carbocycles. The van der Waals surface area contributed by atoms with Gasteiger partial charge in [0.25, 0.3) is 0 Å².